The Morgan fingerprint density at radius 1 is 1.42 bits per heavy atom. The third-order valence-corrected chi connectivity index (χ3v) is 3.51. The molecule has 0 spiro atoms. The first-order valence-electron chi connectivity index (χ1n) is 6.53. The van der Waals surface area contributed by atoms with Crippen LogP contribution in [0.25, 0.3) is 11.3 Å². The molecular formula is C15H16N2O2. The average molecular weight is 256 g/mol. The van der Waals surface area contributed by atoms with Crippen LogP contribution in [-0.2, 0) is 11.3 Å². The fraction of sp³-hybridized carbons (Fsp3) is 0.333. The molecule has 1 saturated carbocycles. The van der Waals surface area contributed by atoms with Crippen LogP contribution in [0.15, 0.2) is 40.9 Å². The van der Waals surface area contributed by atoms with Crippen molar-refractivity contribution in [2.75, 3.05) is 0 Å². The molecular weight excluding hydrogens is 240 g/mol. The molecule has 3 rings (SSSR count). The van der Waals surface area contributed by atoms with Crippen molar-refractivity contribution in [3.8, 4) is 11.3 Å². The monoisotopic (exact) mass is 256 g/mol. The molecule has 4 heteroatoms. The third kappa shape index (κ3) is 2.67. The first-order chi connectivity index (χ1) is 9.24. The molecule has 1 N–H and O–H groups in total. The Bertz CT molecular complexity index is 577. The highest BCUT2D eigenvalue weighted by molar-refractivity contribution is 5.81. The normalized spacial score (nSPS) is 21.1. The predicted octanol–water partition coefficient (Wildman–Crippen LogP) is 2.61. The Morgan fingerprint density at radius 3 is 2.84 bits per heavy atom. The van der Waals surface area contributed by atoms with Gasteiger partial charge in [0.25, 0.3) is 0 Å². The molecule has 2 aromatic rings. The van der Waals surface area contributed by atoms with Crippen molar-refractivity contribution in [1.82, 2.24) is 10.5 Å². The minimum absolute atomic E-state index is 0.122. The summed E-state index contributed by atoms with van der Waals surface area (Å²) in [6, 6.07) is 11.7. The Labute approximate surface area is 111 Å². The molecule has 1 aromatic heterocycles. The molecule has 19 heavy (non-hydrogen) atoms. The molecule has 1 aromatic carbocycles. The van der Waals surface area contributed by atoms with E-state index < -0.39 is 0 Å². The van der Waals surface area contributed by atoms with Crippen molar-refractivity contribution in [2.24, 2.45) is 11.8 Å². The minimum Gasteiger partial charge on any atom is -0.356 e. The van der Waals surface area contributed by atoms with Gasteiger partial charge in [0.15, 0.2) is 5.76 Å². The molecule has 0 saturated heterocycles. The van der Waals surface area contributed by atoms with Gasteiger partial charge in [0, 0.05) is 17.5 Å². The molecule has 1 fully saturated rings. The van der Waals surface area contributed by atoms with Crippen LogP contribution in [0.2, 0.25) is 0 Å². The van der Waals surface area contributed by atoms with E-state index in [-0.39, 0.29) is 11.8 Å². The summed E-state index contributed by atoms with van der Waals surface area (Å²) in [5.41, 5.74) is 1.74. The lowest BCUT2D eigenvalue weighted by Gasteiger charge is -2.00. The molecule has 0 unspecified atom stereocenters. The summed E-state index contributed by atoms with van der Waals surface area (Å²) in [6.07, 6.45) is 1.000. The van der Waals surface area contributed by atoms with Crippen LogP contribution in [-0.4, -0.2) is 11.1 Å². The first kappa shape index (κ1) is 12.0. The zero-order chi connectivity index (χ0) is 13.2. The van der Waals surface area contributed by atoms with Crippen LogP contribution in [0.5, 0.6) is 0 Å². The van der Waals surface area contributed by atoms with Gasteiger partial charge in [-0.15, -0.1) is 0 Å². The molecule has 0 bridgehead atoms. The lowest BCUT2D eigenvalue weighted by Crippen LogP contribution is -2.24. The first-order valence-corrected chi connectivity index (χ1v) is 6.53. The second-order valence-corrected chi connectivity index (χ2v) is 5.09. The van der Waals surface area contributed by atoms with E-state index in [4.69, 9.17) is 4.52 Å². The van der Waals surface area contributed by atoms with E-state index in [1.807, 2.05) is 36.4 Å². The predicted molar refractivity (Wildman–Crippen MR) is 71.1 cm³/mol. The van der Waals surface area contributed by atoms with Gasteiger partial charge in [-0.1, -0.05) is 42.4 Å². The Morgan fingerprint density at radius 2 is 2.16 bits per heavy atom. The number of nitrogens with one attached hydrogen (secondary N) is 1. The van der Waals surface area contributed by atoms with Crippen molar-refractivity contribution in [2.45, 2.75) is 19.9 Å². The van der Waals surface area contributed by atoms with E-state index in [0.717, 1.165) is 23.4 Å². The van der Waals surface area contributed by atoms with Crippen molar-refractivity contribution >= 4 is 5.91 Å². The maximum atomic E-state index is 11.7. The van der Waals surface area contributed by atoms with Gasteiger partial charge in [-0.05, 0) is 12.3 Å². The number of carbonyl (C=O) groups is 1. The molecule has 1 heterocycles. The summed E-state index contributed by atoms with van der Waals surface area (Å²) in [4.78, 5) is 11.7. The van der Waals surface area contributed by atoms with Gasteiger partial charge in [0.05, 0.1) is 6.54 Å². The zero-order valence-corrected chi connectivity index (χ0v) is 10.8. The van der Waals surface area contributed by atoms with E-state index in [9.17, 15) is 4.79 Å². The van der Waals surface area contributed by atoms with Gasteiger partial charge in [0.2, 0.25) is 5.91 Å². The number of hydrogen-bond acceptors (Lipinski definition) is 3. The summed E-state index contributed by atoms with van der Waals surface area (Å²) in [5, 5.41) is 6.87. The van der Waals surface area contributed by atoms with Crippen LogP contribution in [0, 0.1) is 11.8 Å². The lowest BCUT2D eigenvalue weighted by molar-refractivity contribution is -0.122. The highest BCUT2D eigenvalue weighted by atomic mass is 16.5. The molecule has 4 nitrogen and oxygen atoms in total. The van der Waals surface area contributed by atoms with E-state index in [0.29, 0.717) is 12.5 Å². The third-order valence-electron chi connectivity index (χ3n) is 3.51. The summed E-state index contributed by atoms with van der Waals surface area (Å²) in [6.45, 7) is 2.52. The maximum absolute atomic E-state index is 11.7. The maximum Gasteiger partial charge on any atom is 0.223 e. The van der Waals surface area contributed by atoms with Crippen LogP contribution >= 0.6 is 0 Å². The van der Waals surface area contributed by atoms with Gasteiger partial charge < -0.3 is 9.84 Å². The molecule has 1 amide bonds. The number of aromatic nitrogens is 1. The van der Waals surface area contributed by atoms with Gasteiger partial charge in [-0.3, -0.25) is 4.79 Å². The summed E-state index contributed by atoms with van der Waals surface area (Å²) in [5.74, 6) is 1.57. The van der Waals surface area contributed by atoms with Crippen LogP contribution < -0.4 is 5.32 Å². The van der Waals surface area contributed by atoms with Crippen molar-refractivity contribution in [3.05, 3.63) is 42.1 Å². The van der Waals surface area contributed by atoms with Gasteiger partial charge in [-0.2, -0.15) is 0 Å². The SMILES string of the molecule is C[C@@H]1C[C@@H]1C(=O)NCc1cc(-c2ccccc2)on1. The van der Waals surface area contributed by atoms with Crippen LogP contribution in [0.4, 0.5) is 0 Å². The summed E-state index contributed by atoms with van der Waals surface area (Å²) in [7, 11) is 0. The van der Waals surface area contributed by atoms with Crippen molar-refractivity contribution in [3.63, 3.8) is 0 Å². The van der Waals surface area contributed by atoms with E-state index in [1.165, 1.54) is 0 Å². The summed E-state index contributed by atoms with van der Waals surface area (Å²) < 4.78 is 5.28. The Kier molecular flexibility index (Phi) is 3.07. The van der Waals surface area contributed by atoms with Crippen molar-refractivity contribution in [1.29, 1.82) is 0 Å². The van der Waals surface area contributed by atoms with E-state index in [2.05, 4.69) is 17.4 Å². The zero-order valence-electron chi connectivity index (χ0n) is 10.8. The smallest absolute Gasteiger partial charge is 0.223 e. The van der Waals surface area contributed by atoms with E-state index in [1.54, 1.807) is 0 Å². The van der Waals surface area contributed by atoms with E-state index >= 15 is 0 Å². The van der Waals surface area contributed by atoms with Gasteiger partial charge in [0.1, 0.15) is 5.69 Å². The number of hydrogen-bond donors (Lipinski definition) is 1. The van der Waals surface area contributed by atoms with Crippen LogP contribution in [0.1, 0.15) is 19.0 Å². The highest BCUT2D eigenvalue weighted by Gasteiger charge is 2.38. The largest absolute Gasteiger partial charge is 0.356 e. The average Bonchev–Trinajstić information content (AvgIpc) is 3.00. The van der Waals surface area contributed by atoms with Gasteiger partial charge in [-0.25, -0.2) is 0 Å². The topological polar surface area (TPSA) is 55.1 Å². The highest BCUT2D eigenvalue weighted by Crippen LogP contribution is 2.37. The second-order valence-electron chi connectivity index (χ2n) is 5.09. The Hall–Kier alpha value is -2.10. The number of nitrogens with zero attached hydrogens (tertiary/aromatic N) is 1. The van der Waals surface area contributed by atoms with Crippen LogP contribution in [0.3, 0.4) is 0 Å². The molecule has 1 aliphatic rings. The van der Waals surface area contributed by atoms with Gasteiger partial charge >= 0.3 is 0 Å². The van der Waals surface area contributed by atoms with Crippen molar-refractivity contribution < 1.29 is 9.32 Å². The number of carbonyl (C=O) groups excluding carboxylic acids is 1. The quantitative estimate of drug-likeness (QED) is 0.914. The number of rotatable bonds is 4. The standard InChI is InChI=1S/C15H16N2O2/c1-10-7-13(10)15(18)16-9-12-8-14(19-17-12)11-5-3-2-4-6-11/h2-6,8,10,13H,7,9H2,1H3,(H,16,18)/t10-,13+/m1/s1. The minimum atomic E-state index is 0.122. The molecule has 98 valence electrons. The number of amides is 1. The molecule has 0 radical (unpaired) electrons. The molecule has 0 aliphatic heterocycles. The molecule has 2 atom stereocenters. The molecule has 1 aliphatic carbocycles. The lowest BCUT2D eigenvalue weighted by atomic mass is 10.1. The second kappa shape index (κ2) is 4.88. The Balaban J connectivity index is 1.61. The summed E-state index contributed by atoms with van der Waals surface area (Å²) >= 11 is 0. The fourth-order valence-corrected chi connectivity index (χ4v) is 2.13. The number of benzene rings is 1. The fourth-order valence-electron chi connectivity index (χ4n) is 2.13.